The second-order valence-corrected chi connectivity index (χ2v) is 9.78. The van der Waals surface area contributed by atoms with E-state index in [-0.39, 0.29) is 0 Å². The molecule has 1 heteroatoms. The zero-order chi connectivity index (χ0) is 17.5. The van der Waals surface area contributed by atoms with Crippen LogP contribution >= 0.6 is 15.9 Å². The third-order valence-electron chi connectivity index (χ3n) is 7.17. The van der Waals surface area contributed by atoms with Gasteiger partial charge in [-0.2, -0.15) is 0 Å². The molecule has 3 rings (SSSR count). The Morgan fingerprint density at radius 3 is 1.80 bits per heavy atom. The van der Waals surface area contributed by atoms with Crippen molar-refractivity contribution in [1.29, 1.82) is 0 Å². The Morgan fingerprint density at radius 1 is 0.760 bits per heavy atom. The quantitative estimate of drug-likeness (QED) is 0.429. The van der Waals surface area contributed by atoms with Crippen molar-refractivity contribution in [2.24, 2.45) is 23.7 Å². The first-order valence-electron chi connectivity index (χ1n) is 11.0. The Morgan fingerprint density at radius 2 is 1.28 bits per heavy atom. The zero-order valence-electron chi connectivity index (χ0n) is 16.2. The Bertz CT molecular complexity index is 475. The van der Waals surface area contributed by atoms with E-state index in [4.69, 9.17) is 0 Å². The van der Waals surface area contributed by atoms with Gasteiger partial charge in [-0.25, -0.2) is 0 Å². The molecule has 0 amide bonds. The van der Waals surface area contributed by atoms with Crippen molar-refractivity contribution in [1.82, 2.24) is 0 Å². The van der Waals surface area contributed by atoms with Crippen LogP contribution in [0.2, 0.25) is 0 Å². The maximum absolute atomic E-state index is 3.53. The first-order chi connectivity index (χ1) is 12.2. The standard InChI is InChI=1S/C24H37Br/c1-2-3-4-19-7-13-22(14-8-19)23-15-9-20(10-16-23)5-6-21-11-17-24(25)18-12-21/h11-12,17-20,22-23H,2-10,13-16H2,1H3. The number of hydrogen-bond donors (Lipinski definition) is 0. The van der Waals surface area contributed by atoms with E-state index in [9.17, 15) is 0 Å². The molecule has 0 nitrogen and oxygen atoms in total. The van der Waals surface area contributed by atoms with Gasteiger partial charge in [-0.05, 0) is 79.9 Å². The number of halogens is 1. The van der Waals surface area contributed by atoms with E-state index in [1.54, 1.807) is 12.8 Å². The molecule has 1 aromatic carbocycles. The van der Waals surface area contributed by atoms with Crippen LogP contribution in [-0.2, 0) is 6.42 Å². The molecule has 25 heavy (non-hydrogen) atoms. The molecular weight excluding hydrogens is 368 g/mol. The molecule has 2 saturated carbocycles. The topological polar surface area (TPSA) is 0 Å². The van der Waals surface area contributed by atoms with E-state index in [2.05, 4.69) is 47.1 Å². The van der Waals surface area contributed by atoms with Crippen LogP contribution < -0.4 is 0 Å². The molecule has 2 aliphatic rings. The molecule has 1 aromatic rings. The van der Waals surface area contributed by atoms with Gasteiger partial charge in [0.2, 0.25) is 0 Å². The average molecular weight is 405 g/mol. The first-order valence-corrected chi connectivity index (χ1v) is 11.8. The van der Waals surface area contributed by atoms with Gasteiger partial charge in [0.1, 0.15) is 0 Å². The summed E-state index contributed by atoms with van der Waals surface area (Å²) in [5, 5.41) is 0. The highest BCUT2D eigenvalue weighted by Crippen LogP contribution is 2.43. The number of benzene rings is 1. The number of aryl methyl sites for hydroxylation is 1. The highest BCUT2D eigenvalue weighted by molar-refractivity contribution is 9.10. The smallest absolute Gasteiger partial charge is 0.0175 e. The summed E-state index contributed by atoms with van der Waals surface area (Å²) in [7, 11) is 0. The molecule has 0 unspecified atom stereocenters. The van der Waals surface area contributed by atoms with E-state index in [1.807, 2.05) is 0 Å². The van der Waals surface area contributed by atoms with Crippen molar-refractivity contribution < 1.29 is 0 Å². The maximum atomic E-state index is 3.53. The minimum Gasteiger partial charge on any atom is -0.0654 e. The Kier molecular flexibility index (Phi) is 7.90. The van der Waals surface area contributed by atoms with Gasteiger partial charge >= 0.3 is 0 Å². The van der Waals surface area contributed by atoms with Crippen LogP contribution in [-0.4, -0.2) is 0 Å². The van der Waals surface area contributed by atoms with Crippen molar-refractivity contribution in [2.45, 2.75) is 90.4 Å². The first kappa shape index (κ1) is 19.5. The fourth-order valence-electron chi connectivity index (χ4n) is 5.41. The lowest BCUT2D eigenvalue weighted by Crippen LogP contribution is -2.26. The van der Waals surface area contributed by atoms with E-state index < -0.39 is 0 Å². The van der Waals surface area contributed by atoms with Crippen LogP contribution in [0.1, 0.15) is 89.5 Å². The SMILES string of the molecule is CCCCC1CCC(C2CCC(CCc3ccc(Br)cc3)CC2)CC1. The summed E-state index contributed by atoms with van der Waals surface area (Å²) >= 11 is 3.53. The molecule has 2 fully saturated rings. The molecule has 0 saturated heterocycles. The number of rotatable bonds is 7. The Hall–Kier alpha value is -0.300. The second-order valence-electron chi connectivity index (χ2n) is 8.87. The fourth-order valence-corrected chi connectivity index (χ4v) is 5.68. The van der Waals surface area contributed by atoms with Gasteiger partial charge in [0, 0.05) is 4.47 Å². The minimum atomic E-state index is 0.987. The summed E-state index contributed by atoms with van der Waals surface area (Å²) in [5.41, 5.74) is 1.51. The molecule has 2 aliphatic carbocycles. The molecule has 0 aliphatic heterocycles. The van der Waals surface area contributed by atoms with Gasteiger partial charge in [0.15, 0.2) is 0 Å². The van der Waals surface area contributed by atoms with Crippen molar-refractivity contribution in [3.63, 3.8) is 0 Å². The molecular formula is C24H37Br. The molecule has 0 heterocycles. The summed E-state index contributed by atoms with van der Waals surface area (Å²) in [6.07, 6.45) is 19.2. The summed E-state index contributed by atoms with van der Waals surface area (Å²) in [4.78, 5) is 0. The molecule has 0 spiro atoms. The third kappa shape index (κ3) is 6.12. The van der Waals surface area contributed by atoms with Gasteiger partial charge in [-0.15, -0.1) is 0 Å². The highest BCUT2D eigenvalue weighted by Gasteiger charge is 2.30. The van der Waals surface area contributed by atoms with Gasteiger partial charge in [0.05, 0.1) is 0 Å². The van der Waals surface area contributed by atoms with Gasteiger partial charge in [-0.1, -0.05) is 79.9 Å². The molecule has 140 valence electrons. The van der Waals surface area contributed by atoms with Crippen molar-refractivity contribution in [3.8, 4) is 0 Å². The van der Waals surface area contributed by atoms with Crippen LogP contribution in [0.15, 0.2) is 28.7 Å². The number of hydrogen-bond acceptors (Lipinski definition) is 0. The predicted molar refractivity (Wildman–Crippen MR) is 113 cm³/mol. The lowest BCUT2D eigenvalue weighted by atomic mass is 9.68. The summed E-state index contributed by atoms with van der Waals surface area (Å²) in [5.74, 6) is 4.19. The lowest BCUT2D eigenvalue weighted by molar-refractivity contribution is 0.140. The van der Waals surface area contributed by atoms with E-state index >= 15 is 0 Å². The lowest BCUT2D eigenvalue weighted by Gasteiger charge is -2.38. The van der Waals surface area contributed by atoms with Gasteiger partial charge in [0.25, 0.3) is 0 Å². The summed E-state index contributed by atoms with van der Waals surface area (Å²) in [6.45, 7) is 2.33. The zero-order valence-corrected chi connectivity index (χ0v) is 17.8. The Labute approximate surface area is 164 Å². The highest BCUT2D eigenvalue weighted by atomic mass is 79.9. The van der Waals surface area contributed by atoms with Crippen molar-refractivity contribution >= 4 is 15.9 Å². The van der Waals surface area contributed by atoms with Crippen LogP contribution in [0.4, 0.5) is 0 Å². The molecule has 0 radical (unpaired) electrons. The summed E-state index contributed by atoms with van der Waals surface area (Å²) < 4.78 is 1.20. The van der Waals surface area contributed by atoms with Crippen molar-refractivity contribution in [3.05, 3.63) is 34.3 Å². The van der Waals surface area contributed by atoms with E-state index in [0.717, 1.165) is 23.7 Å². The van der Waals surface area contributed by atoms with Crippen LogP contribution in [0.3, 0.4) is 0 Å². The average Bonchev–Trinajstić information content (AvgIpc) is 2.67. The molecule has 0 atom stereocenters. The molecule has 0 N–H and O–H groups in total. The van der Waals surface area contributed by atoms with Crippen molar-refractivity contribution in [2.75, 3.05) is 0 Å². The monoisotopic (exact) mass is 404 g/mol. The minimum absolute atomic E-state index is 0.987. The third-order valence-corrected chi connectivity index (χ3v) is 7.70. The van der Waals surface area contributed by atoms with Gasteiger partial charge < -0.3 is 0 Å². The molecule has 0 bridgehead atoms. The fraction of sp³-hybridized carbons (Fsp3) is 0.750. The van der Waals surface area contributed by atoms with E-state index in [0.29, 0.717) is 0 Å². The molecule has 0 aromatic heterocycles. The Balaban J connectivity index is 1.34. The van der Waals surface area contributed by atoms with E-state index in [1.165, 1.54) is 80.7 Å². The predicted octanol–water partition coefficient (Wildman–Crippen LogP) is 8.18. The van der Waals surface area contributed by atoms with Crippen LogP contribution in [0.25, 0.3) is 0 Å². The summed E-state index contributed by atoms with van der Waals surface area (Å²) in [6, 6.07) is 8.94. The maximum Gasteiger partial charge on any atom is 0.0175 e. The largest absolute Gasteiger partial charge is 0.0654 e. The van der Waals surface area contributed by atoms with Gasteiger partial charge in [-0.3, -0.25) is 0 Å². The number of unbranched alkanes of at least 4 members (excludes halogenated alkanes) is 1. The normalized spacial score (nSPS) is 30.3. The van der Waals surface area contributed by atoms with Crippen LogP contribution in [0.5, 0.6) is 0 Å². The van der Waals surface area contributed by atoms with Crippen LogP contribution in [0, 0.1) is 23.7 Å². The second kappa shape index (κ2) is 10.1.